The van der Waals surface area contributed by atoms with Gasteiger partial charge in [0.05, 0.1) is 31.5 Å². The number of nitrogens with zero attached hydrogens (tertiary/aromatic N) is 6. The van der Waals surface area contributed by atoms with Gasteiger partial charge in [0, 0.05) is 57.5 Å². The quantitative estimate of drug-likeness (QED) is 0.274. The number of carbonyl (C=O) groups is 1. The van der Waals surface area contributed by atoms with Crippen LogP contribution < -0.4 is 30.2 Å². The molecular formula is C29H35ClN8O4. The summed E-state index contributed by atoms with van der Waals surface area (Å²) in [4.78, 5) is 32.6. The average Bonchev–Trinajstić information content (AvgIpc) is 3.56. The maximum absolute atomic E-state index is 12.9. The van der Waals surface area contributed by atoms with Crippen LogP contribution in [0.15, 0.2) is 53.5 Å². The van der Waals surface area contributed by atoms with Crippen molar-refractivity contribution in [1.29, 1.82) is 0 Å². The fourth-order valence-corrected chi connectivity index (χ4v) is 5.01. The summed E-state index contributed by atoms with van der Waals surface area (Å²) in [6.07, 6.45) is 2.12. The number of nitrogens with two attached hydrogens (primary N) is 1. The number of hydrogen-bond donors (Lipinski definition) is 2. The monoisotopic (exact) mass is 594 g/mol. The van der Waals surface area contributed by atoms with Crippen molar-refractivity contribution in [3.05, 3.63) is 53.6 Å². The molecular weight excluding hydrogens is 560 g/mol. The Kier molecular flexibility index (Phi) is 9.32. The zero-order valence-electron chi connectivity index (χ0n) is 23.8. The lowest BCUT2D eigenvalue weighted by molar-refractivity contribution is 0.159. The Morgan fingerprint density at radius 3 is 2.29 bits per heavy atom. The molecule has 2 fully saturated rings. The molecule has 42 heavy (non-hydrogen) atoms. The predicted molar refractivity (Wildman–Crippen MR) is 163 cm³/mol. The molecule has 5 rings (SSSR count). The first-order chi connectivity index (χ1) is 20.4. The van der Waals surface area contributed by atoms with Gasteiger partial charge in [0.15, 0.2) is 17.2 Å². The first-order valence-electron chi connectivity index (χ1n) is 13.8. The van der Waals surface area contributed by atoms with E-state index in [4.69, 9.17) is 36.5 Å². The van der Waals surface area contributed by atoms with Crippen molar-refractivity contribution >= 4 is 40.9 Å². The van der Waals surface area contributed by atoms with Gasteiger partial charge in [-0.25, -0.2) is 9.79 Å². The second kappa shape index (κ2) is 13.5. The van der Waals surface area contributed by atoms with Gasteiger partial charge in [0.25, 0.3) is 0 Å². The van der Waals surface area contributed by atoms with Gasteiger partial charge in [-0.15, -0.1) is 0 Å². The van der Waals surface area contributed by atoms with E-state index in [0.717, 1.165) is 31.6 Å². The number of piperazine rings is 1. The third-order valence-corrected chi connectivity index (χ3v) is 7.33. The van der Waals surface area contributed by atoms with Crippen LogP contribution in [-0.4, -0.2) is 91.7 Å². The lowest BCUT2D eigenvalue weighted by Gasteiger charge is -2.36. The van der Waals surface area contributed by atoms with Crippen LogP contribution in [0.3, 0.4) is 0 Å². The maximum atomic E-state index is 12.9. The van der Waals surface area contributed by atoms with Crippen LogP contribution in [0, 0.1) is 0 Å². The highest BCUT2D eigenvalue weighted by Crippen LogP contribution is 2.39. The number of nitrogens with one attached hydrogen (secondary N) is 1. The zero-order valence-corrected chi connectivity index (χ0v) is 24.5. The standard InChI is InChI=1S/C29H35ClN8O4/c1-40-23-16-21(30)22(17-24(23)41-2)42-27-18-26(32-19-25(31)33-20-8-4-3-5-9-20)34-28(35-27)36-12-14-38(15-13-36)29(39)37-10-6-7-11-37/h3-5,8-9,16-18H,6-7,10-15,19H2,1-2H3,(H2,31,33)(H,32,34,35). The minimum atomic E-state index is 0.101. The molecule has 1 aromatic heterocycles. The summed E-state index contributed by atoms with van der Waals surface area (Å²) in [5.41, 5.74) is 6.95. The maximum Gasteiger partial charge on any atom is 0.320 e. The summed E-state index contributed by atoms with van der Waals surface area (Å²) in [5.74, 6) is 2.90. The van der Waals surface area contributed by atoms with Crippen LogP contribution in [0.5, 0.6) is 23.1 Å². The molecule has 3 heterocycles. The second-order valence-corrected chi connectivity index (χ2v) is 10.3. The Morgan fingerprint density at radius 1 is 0.929 bits per heavy atom. The summed E-state index contributed by atoms with van der Waals surface area (Å²) in [6.45, 7) is 4.21. The van der Waals surface area contributed by atoms with E-state index in [1.54, 1.807) is 18.2 Å². The third kappa shape index (κ3) is 7.06. The molecule has 2 aromatic carbocycles. The number of ether oxygens (including phenoxy) is 3. The van der Waals surface area contributed by atoms with Gasteiger partial charge in [0.1, 0.15) is 11.7 Å². The van der Waals surface area contributed by atoms with Crippen LogP contribution in [0.25, 0.3) is 0 Å². The summed E-state index contributed by atoms with van der Waals surface area (Å²) in [7, 11) is 3.07. The van der Waals surface area contributed by atoms with Crippen LogP contribution in [-0.2, 0) is 0 Å². The molecule has 0 radical (unpaired) electrons. The largest absolute Gasteiger partial charge is 0.493 e. The number of anilines is 2. The molecule has 2 amide bonds. The molecule has 0 unspecified atom stereocenters. The molecule has 0 bridgehead atoms. The number of likely N-dealkylation sites (tertiary alicyclic amines) is 1. The number of urea groups is 1. The van der Waals surface area contributed by atoms with Crippen molar-refractivity contribution in [1.82, 2.24) is 19.8 Å². The molecule has 2 saturated heterocycles. The Bertz CT molecular complexity index is 1410. The van der Waals surface area contributed by atoms with Gasteiger partial charge in [-0.1, -0.05) is 29.8 Å². The second-order valence-electron chi connectivity index (χ2n) is 9.87. The SMILES string of the molecule is COc1cc(Cl)c(Oc2cc(NC/C(N)=N/c3ccccc3)nc(N3CCN(C(=O)N4CCCC4)CC3)n2)cc1OC. The van der Waals surface area contributed by atoms with Crippen molar-refractivity contribution in [3.63, 3.8) is 0 Å². The number of amides is 2. The van der Waals surface area contributed by atoms with Gasteiger partial charge in [0.2, 0.25) is 11.8 Å². The molecule has 3 N–H and O–H groups in total. The van der Waals surface area contributed by atoms with Gasteiger partial charge in [-0.2, -0.15) is 9.97 Å². The number of amidine groups is 1. The first kappa shape index (κ1) is 29.1. The smallest absolute Gasteiger partial charge is 0.320 e. The van der Waals surface area contributed by atoms with Crippen molar-refractivity contribution in [2.45, 2.75) is 12.8 Å². The number of benzene rings is 2. The van der Waals surface area contributed by atoms with Gasteiger partial charge < -0.3 is 40.0 Å². The van der Waals surface area contributed by atoms with E-state index in [1.165, 1.54) is 14.2 Å². The minimum absolute atomic E-state index is 0.101. The molecule has 12 nitrogen and oxygen atoms in total. The summed E-state index contributed by atoms with van der Waals surface area (Å²) in [6, 6.07) is 14.5. The fourth-order valence-electron chi connectivity index (χ4n) is 4.82. The molecule has 0 atom stereocenters. The number of para-hydroxylation sites is 1. The predicted octanol–water partition coefficient (Wildman–Crippen LogP) is 4.38. The molecule has 2 aliphatic rings. The number of halogens is 1. The van der Waals surface area contributed by atoms with E-state index >= 15 is 0 Å². The van der Waals surface area contributed by atoms with Crippen molar-refractivity contribution in [2.75, 3.05) is 70.2 Å². The van der Waals surface area contributed by atoms with E-state index < -0.39 is 0 Å². The molecule has 222 valence electrons. The highest BCUT2D eigenvalue weighted by molar-refractivity contribution is 6.32. The van der Waals surface area contributed by atoms with Gasteiger partial charge >= 0.3 is 6.03 Å². The van der Waals surface area contributed by atoms with E-state index in [9.17, 15) is 4.79 Å². The molecule has 0 spiro atoms. The topological polar surface area (TPSA) is 131 Å². The number of carbonyl (C=O) groups excluding carboxylic acids is 1. The van der Waals surface area contributed by atoms with Crippen molar-refractivity contribution in [2.24, 2.45) is 10.7 Å². The Labute approximate surface area is 250 Å². The van der Waals surface area contributed by atoms with E-state index in [-0.39, 0.29) is 18.5 Å². The Balaban J connectivity index is 1.36. The number of hydrogen-bond acceptors (Lipinski definition) is 9. The lowest BCUT2D eigenvalue weighted by Crippen LogP contribution is -2.52. The number of aromatic nitrogens is 2. The fraction of sp³-hybridized carbons (Fsp3) is 0.379. The zero-order chi connectivity index (χ0) is 29.5. The normalized spacial score (nSPS) is 15.5. The van der Waals surface area contributed by atoms with Crippen LogP contribution in [0.4, 0.5) is 22.2 Å². The van der Waals surface area contributed by atoms with Crippen molar-refractivity contribution in [3.8, 4) is 23.1 Å². The number of aliphatic imine (C=N–C) groups is 1. The summed E-state index contributed by atoms with van der Waals surface area (Å²) in [5, 5.41) is 3.56. The summed E-state index contributed by atoms with van der Waals surface area (Å²) >= 11 is 6.49. The van der Waals surface area contributed by atoms with Crippen LogP contribution in [0.2, 0.25) is 5.02 Å². The third-order valence-electron chi connectivity index (χ3n) is 7.03. The average molecular weight is 595 g/mol. The molecule has 3 aromatic rings. The Hall–Kier alpha value is -4.45. The van der Waals surface area contributed by atoms with Gasteiger partial charge in [-0.3, -0.25) is 0 Å². The van der Waals surface area contributed by atoms with Crippen LogP contribution >= 0.6 is 11.6 Å². The summed E-state index contributed by atoms with van der Waals surface area (Å²) < 4.78 is 16.9. The Morgan fingerprint density at radius 2 is 1.60 bits per heavy atom. The van der Waals surface area contributed by atoms with Crippen LogP contribution in [0.1, 0.15) is 12.8 Å². The van der Waals surface area contributed by atoms with Gasteiger partial charge in [-0.05, 0) is 25.0 Å². The van der Waals surface area contributed by atoms with E-state index in [0.29, 0.717) is 66.1 Å². The molecule has 2 aliphatic heterocycles. The lowest BCUT2D eigenvalue weighted by atomic mass is 10.3. The first-order valence-corrected chi connectivity index (χ1v) is 14.2. The van der Waals surface area contributed by atoms with Crippen molar-refractivity contribution < 1.29 is 19.0 Å². The number of rotatable bonds is 9. The van der Waals surface area contributed by atoms with E-state index in [2.05, 4.69) is 15.3 Å². The van der Waals surface area contributed by atoms with E-state index in [1.807, 2.05) is 45.0 Å². The minimum Gasteiger partial charge on any atom is -0.493 e. The number of methoxy groups -OCH3 is 2. The molecule has 13 heteroatoms. The molecule has 0 saturated carbocycles. The highest BCUT2D eigenvalue weighted by atomic mass is 35.5. The molecule has 0 aliphatic carbocycles. The highest BCUT2D eigenvalue weighted by Gasteiger charge is 2.28.